The quantitative estimate of drug-likeness (QED) is 0.766. The molecule has 0 radical (unpaired) electrons. The maximum atomic E-state index is 12.1. The van der Waals surface area contributed by atoms with Crippen molar-refractivity contribution in [2.45, 2.75) is 25.8 Å². The first-order chi connectivity index (χ1) is 11.6. The van der Waals surface area contributed by atoms with Gasteiger partial charge in [-0.3, -0.25) is 4.79 Å². The predicted octanol–water partition coefficient (Wildman–Crippen LogP) is 3.17. The summed E-state index contributed by atoms with van der Waals surface area (Å²) in [6.45, 7) is 2.49. The van der Waals surface area contributed by atoms with Crippen LogP contribution in [0.25, 0.3) is 0 Å². The Morgan fingerprint density at radius 1 is 1.21 bits per heavy atom. The molecule has 2 aromatic carbocycles. The zero-order valence-corrected chi connectivity index (χ0v) is 15.2. The van der Waals surface area contributed by atoms with Crippen molar-refractivity contribution in [1.29, 1.82) is 5.26 Å². The SMILES string of the molecule is CC[C@@H]([NH2+]CC(=O)Nc1ccc(CC#N)cc1)c1ccc(Br)cc1. The molecule has 24 heavy (non-hydrogen) atoms. The van der Waals surface area contributed by atoms with E-state index in [-0.39, 0.29) is 11.9 Å². The molecule has 4 nitrogen and oxygen atoms in total. The summed E-state index contributed by atoms with van der Waals surface area (Å²) in [5.41, 5.74) is 2.92. The number of anilines is 1. The van der Waals surface area contributed by atoms with Gasteiger partial charge in [-0.2, -0.15) is 5.26 Å². The number of nitriles is 1. The molecule has 1 amide bonds. The first kappa shape index (κ1) is 18.2. The van der Waals surface area contributed by atoms with Gasteiger partial charge in [0.25, 0.3) is 5.91 Å². The van der Waals surface area contributed by atoms with Crippen molar-refractivity contribution in [2.75, 3.05) is 11.9 Å². The summed E-state index contributed by atoms with van der Waals surface area (Å²) in [5, 5.41) is 13.6. The second-order valence-electron chi connectivity index (χ2n) is 5.59. The van der Waals surface area contributed by atoms with Crippen molar-refractivity contribution in [1.82, 2.24) is 0 Å². The number of carbonyl (C=O) groups excluding carboxylic acids is 1. The van der Waals surface area contributed by atoms with Crippen molar-refractivity contribution < 1.29 is 10.1 Å². The lowest BCUT2D eigenvalue weighted by atomic mass is 10.0. The van der Waals surface area contributed by atoms with Gasteiger partial charge < -0.3 is 10.6 Å². The maximum absolute atomic E-state index is 12.1. The fourth-order valence-electron chi connectivity index (χ4n) is 2.51. The first-order valence-electron chi connectivity index (χ1n) is 7.97. The lowest BCUT2D eigenvalue weighted by molar-refractivity contribution is -0.686. The van der Waals surface area contributed by atoms with Crippen molar-refractivity contribution >= 4 is 27.5 Å². The highest BCUT2D eigenvalue weighted by atomic mass is 79.9. The summed E-state index contributed by atoms with van der Waals surface area (Å²) >= 11 is 3.44. The van der Waals surface area contributed by atoms with Crippen LogP contribution in [0.15, 0.2) is 53.0 Å². The molecular weight excluding hydrogens is 366 g/mol. The van der Waals surface area contributed by atoms with E-state index in [1.807, 2.05) is 36.4 Å². The Hall–Kier alpha value is -2.16. The number of hydrogen-bond acceptors (Lipinski definition) is 2. The van der Waals surface area contributed by atoms with E-state index in [0.29, 0.717) is 13.0 Å². The Labute approximate surface area is 151 Å². The molecular formula is C19H21BrN3O+. The van der Waals surface area contributed by atoms with E-state index >= 15 is 0 Å². The van der Waals surface area contributed by atoms with E-state index < -0.39 is 0 Å². The van der Waals surface area contributed by atoms with Gasteiger partial charge in [0.2, 0.25) is 0 Å². The van der Waals surface area contributed by atoms with Gasteiger partial charge in [0.1, 0.15) is 6.04 Å². The molecule has 0 saturated heterocycles. The number of nitrogens with one attached hydrogen (secondary N) is 1. The monoisotopic (exact) mass is 386 g/mol. The zero-order chi connectivity index (χ0) is 17.4. The molecule has 5 heteroatoms. The van der Waals surface area contributed by atoms with Crippen molar-refractivity contribution in [3.63, 3.8) is 0 Å². The minimum Gasteiger partial charge on any atom is -0.332 e. The number of nitrogens with two attached hydrogens (primary N) is 1. The van der Waals surface area contributed by atoms with Crippen LogP contribution in [-0.4, -0.2) is 12.5 Å². The molecule has 3 N–H and O–H groups in total. The van der Waals surface area contributed by atoms with E-state index in [9.17, 15) is 4.79 Å². The standard InChI is InChI=1S/C19H20BrN3O/c1-2-18(15-5-7-16(20)8-6-15)22-13-19(24)23-17-9-3-14(4-10-17)11-12-21/h3-10,18,22H,2,11,13H2,1H3,(H,23,24)/p+1/t18-/m1/s1. The Morgan fingerprint density at radius 3 is 2.46 bits per heavy atom. The first-order valence-corrected chi connectivity index (χ1v) is 8.76. The summed E-state index contributed by atoms with van der Waals surface area (Å²) in [6, 6.07) is 18.0. The van der Waals surface area contributed by atoms with Gasteiger partial charge in [-0.25, -0.2) is 0 Å². The number of amides is 1. The van der Waals surface area contributed by atoms with E-state index in [4.69, 9.17) is 5.26 Å². The Kier molecular flexibility index (Phi) is 6.98. The molecule has 0 aliphatic rings. The predicted molar refractivity (Wildman–Crippen MR) is 98.4 cm³/mol. The van der Waals surface area contributed by atoms with Crippen LogP contribution < -0.4 is 10.6 Å². The van der Waals surface area contributed by atoms with Crippen LogP contribution in [0.3, 0.4) is 0 Å². The van der Waals surface area contributed by atoms with Gasteiger partial charge >= 0.3 is 0 Å². The highest BCUT2D eigenvalue weighted by Crippen LogP contribution is 2.16. The van der Waals surface area contributed by atoms with Crippen molar-refractivity contribution in [3.05, 3.63) is 64.1 Å². The Morgan fingerprint density at radius 2 is 1.88 bits per heavy atom. The van der Waals surface area contributed by atoms with Crippen LogP contribution >= 0.6 is 15.9 Å². The normalized spacial score (nSPS) is 11.5. The van der Waals surface area contributed by atoms with Crippen LogP contribution in [-0.2, 0) is 11.2 Å². The van der Waals surface area contributed by atoms with Gasteiger partial charge in [-0.05, 0) is 29.8 Å². The number of halogens is 1. The van der Waals surface area contributed by atoms with Gasteiger partial charge in [0.05, 0.1) is 12.5 Å². The maximum Gasteiger partial charge on any atom is 0.279 e. The molecule has 2 rings (SSSR count). The number of benzene rings is 2. The highest BCUT2D eigenvalue weighted by molar-refractivity contribution is 9.10. The lowest BCUT2D eigenvalue weighted by Gasteiger charge is -2.14. The molecule has 0 aromatic heterocycles. The topological polar surface area (TPSA) is 69.5 Å². The smallest absolute Gasteiger partial charge is 0.279 e. The molecule has 0 fully saturated rings. The average molecular weight is 387 g/mol. The lowest BCUT2D eigenvalue weighted by Crippen LogP contribution is -2.87. The highest BCUT2D eigenvalue weighted by Gasteiger charge is 2.14. The van der Waals surface area contributed by atoms with Crippen LogP contribution in [0.5, 0.6) is 0 Å². The van der Waals surface area contributed by atoms with E-state index in [2.05, 4.69) is 51.7 Å². The summed E-state index contributed by atoms with van der Waals surface area (Å²) in [6.07, 6.45) is 1.34. The Bertz CT molecular complexity index is 705. The van der Waals surface area contributed by atoms with Crippen molar-refractivity contribution in [2.24, 2.45) is 0 Å². The molecule has 0 spiro atoms. The van der Waals surface area contributed by atoms with Gasteiger partial charge in [0, 0.05) is 22.1 Å². The van der Waals surface area contributed by atoms with E-state index in [0.717, 1.165) is 22.1 Å². The fourth-order valence-corrected chi connectivity index (χ4v) is 2.77. The van der Waals surface area contributed by atoms with E-state index in [1.54, 1.807) is 0 Å². The molecule has 0 heterocycles. The summed E-state index contributed by atoms with van der Waals surface area (Å²) in [7, 11) is 0. The van der Waals surface area contributed by atoms with Gasteiger partial charge in [-0.15, -0.1) is 0 Å². The van der Waals surface area contributed by atoms with Crippen LogP contribution in [0.2, 0.25) is 0 Å². The minimum absolute atomic E-state index is 0.0291. The largest absolute Gasteiger partial charge is 0.332 e. The zero-order valence-electron chi connectivity index (χ0n) is 13.6. The number of nitrogens with zero attached hydrogens (tertiary/aromatic N) is 1. The van der Waals surface area contributed by atoms with Gasteiger partial charge in [0.15, 0.2) is 6.54 Å². The molecule has 0 bridgehead atoms. The number of hydrogen-bond donors (Lipinski definition) is 2. The van der Waals surface area contributed by atoms with Crippen LogP contribution in [0.1, 0.15) is 30.5 Å². The summed E-state index contributed by atoms with van der Waals surface area (Å²) in [5.74, 6) is -0.0291. The number of carbonyl (C=O) groups is 1. The average Bonchev–Trinajstić information content (AvgIpc) is 2.59. The van der Waals surface area contributed by atoms with Crippen molar-refractivity contribution in [3.8, 4) is 6.07 Å². The second kappa shape index (κ2) is 9.21. The molecule has 0 saturated carbocycles. The third kappa shape index (κ3) is 5.48. The molecule has 0 aliphatic carbocycles. The summed E-state index contributed by atoms with van der Waals surface area (Å²) in [4.78, 5) is 12.1. The van der Waals surface area contributed by atoms with Gasteiger partial charge in [-0.1, -0.05) is 47.1 Å². The second-order valence-corrected chi connectivity index (χ2v) is 6.50. The minimum atomic E-state index is -0.0291. The third-order valence-electron chi connectivity index (χ3n) is 3.85. The fraction of sp³-hybridized carbons (Fsp3) is 0.263. The van der Waals surface area contributed by atoms with Crippen LogP contribution in [0, 0.1) is 11.3 Å². The molecule has 0 unspecified atom stereocenters. The summed E-state index contributed by atoms with van der Waals surface area (Å²) < 4.78 is 1.05. The van der Waals surface area contributed by atoms with E-state index in [1.165, 1.54) is 5.56 Å². The van der Waals surface area contributed by atoms with Crippen LogP contribution in [0.4, 0.5) is 5.69 Å². The number of quaternary nitrogens is 1. The molecule has 124 valence electrons. The molecule has 2 aromatic rings. The number of rotatable bonds is 7. The third-order valence-corrected chi connectivity index (χ3v) is 4.38. The Balaban J connectivity index is 1.87. The molecule has 0 aliphatic heterocycles. The molecule has 1 atom stereocenters.